The fraction of sp³-hybridized carbons (Fsp3) is 0.154. The normalized spacial score (nSPS) is 11.2. The third kappa shape index (κ3) is 3.36. The van der Waals surface area contributed by atoms with Crippen molar-refractivity contribution >= 4 is 44.3 Å². The summed E-state index contributed by atoms with van der Waals surface area (Å²) in [6.07, 6.45) is 0.912. The monoisotopic (exact) mass is 326 g/mol. The molecule has 20 heavy (non-hydrogen) atoms. The predicted octanol–water partition coefficient (Wildman–Crippen LogP) is 2.75. The summed E-state index contributed by atoms with van der Waals surface area (Å²) in [5.74, 6) is 0. The van der Waals surface area contributed by atoms with Crippen molar-refractivity contribution in [2.75, 3.05) is 4.72 Å². The number of hydrogen-bond acceptors (Lipinski definition) is 4. The summed E-state index contributed by atoms with van der Waals surface area (Å²) in [7, 11) is -3.59. The van der Waals surface area contributed by atoms with E-state index in [-0.39, 0.29) is 9.20 Å². The highest BCUT2D eigenvalue weighted by atomic mass is 32.2. The minimum atomic E-state index is -3.59. The van der Waals surface area contributed by atoms with Crippen molar-refractivity contribution in [1.82, 2.24) is 0 Å². The molecule has 0 saturated heterocycles. The zero-order valence-corrected chi connectivity index (χ0v) is 13.2. The minimum absolute atomic E-state index is 0.194. The van der Waals surface area contributed by atoms with Gasteiger partial charge in [-0.3, -0.25) is 4.72 Å². The molecular weight excluding hydrogens is 312 g/mol. The van der Waals surface area contributed by atoms with Gasteiger partial charge < -0.3 is 5.73 Å². The quantitative estimate of drug-likeness (QED) is 0.829. The van der Waals surface area contributed by atoms with Crippen molar-refractivity contribution < 1.29 is 8.42 Å². The molecule has 106 valence electrons. The van der Waals surface area contributed by atoms with Gasteiger partial charge in [0.25, 0.3) is 10.0 Å². The number of thiocarbonyl (C=S) groups is 1. The highest BCUT2D eigenvalue weighted by Gasteiger charge is 2.17. The smallest absolute Gasteiger partial charge is 0.271 e. The lowest BCUT2D eigenvalue weighted by molar-refractivity contribution is 0.603. The largest absolute Gasteiger partial charge is 0.389 e. The lowest BCUT2D eigenvalue weighted by Gasteiger charge is -2.06. The Labute approximate surface area is 127 Å². The van der Waals surface area contributed by atoms with Crippen molar-refractivity contribution in [3.8, 4) is 0 Å². The predicted molar refractivity (Wildman–Crippen MR) is 86.8 cm³/mol. The molecule has 0 aliphatic heterocycles. The van der Waals surface area contributed by atoms with E-state index in [1.54, 1.807) is 18.2 Å². The molecule has 1 aromatic carbocycles. The van der Waals surface area contributed by atoms with Crippen LogP contribution in [0.5, 0.6) is 0 Å². The first-order valence-electron chi connectivity index (χ1n) is 5.94. The molecule has 2 aromatic rings. The first-order valence-corrected chi connectivity index (χ1v) is 8.64. The van der Waals surface area contributed by atoms with Crippen molar-refractivity contribution in [2.45, 2.75) is 17.6 Å². The SMILES string of the molecule is CCc1ccc(NS(=O)(=O)c2ccc(C(N)=S)s2)cc1. The zero-order valence-electron chi connectivity index (χ0n) is 10.8. The van der Waals surface area contributed by atoms with Crippen LogP contribution in [0, 0.1) is 0 Å². The van der Waals surface area contributed by atoms with E-state index >= 15 is 0 Å². The van der Waals surface area contributed by atoms with Crippen LogP contribution in [0.25, 0.3) is 0 Å². The summed E-state index contributed by atoms with van der Waals surface area (Å²) in [6, 6.07) is 10.4. The van der Waals surface area contributed by atoms with Gasteiger partial charge in [0.05, 0.1) is 4.88 Å². The third-order valence-electron chi connectivity index (χ3n) is 2.70. The van der Waals surface area contributed by atoms with Crippen LogP contribution >= 0.6 is 23.6 Å². The Morgan fingerprint density at radius 1 is 1.25 bits per heavy atom. The van der Waals surface area contributed by atoms with Crippen LogP contribution < -0.4 is 10.5 Å². The molecule has 0 fully saturated rings. The fourth-order valence-corrected chi connectivity index (χ4v) is 4.02. The summed E-state index contributed by atoms with van der Waals surface area (Å²) in [6.45, 7) is 2.04. The Balaban J connectivity index is 2.23. The summed E-state index contributed by atoms with van der Waals surface area (Å²) < 4.78 is 27.1. The average Bonchev–Trinajstić information content (AvgIpc) is 2.90. The minimum Gasteiger partial charge on any atom is -0.389 e. The number of rotatable bonds is 5. The molecule has 0 aliphatic rings. The van der Waals surface area contributed by atoms with E-state index in [4.69, 9.17) is 18.0 Å². The molecule has 4 nitrogen and oxygen atoms in total. The molecule has 1 heterocycles. The fourth-order valence-electron chi connectivity index (χ4n) is 1.61. The number of hydrogen-bond donors (Lipinski definition) is 2. The molecular formula is C13H14N2O2S3. The third-order valence-corrected chi connectivity index (χ3v) is 6.04. The maximum absolute atomic E-state index is 12.2. The number of nitrogens with one attached hydrogen (secondary N) is 1. The first kappa shape index (κ1) is 15.0. The van der Waals surface area contributed by atoms with E-state index < -0.39 is 10.0 Å². The highest BCUT2D eigenvalue weighted by molar-refractivity contribution is 7.94. The molecule has 0 unspecified atom stereocenters. The van der Waals surface area contributed by atoms with Gasteiger partial charge in [-0.05, 0) is 36.2 Å². The van der Waals surface area contributed by atoms with Crippen molar-refractivity contribution in [1.29, 1.82) is 0 Å². The summed E-state index contributed by atoms with van der Waals surface area (Å²) in [4.78, 5) is 0.783. The van der Waals surface area contributed by atoms with Gasteiger partial charge >= 0.3 is 0 Å². The average molecular weight is 326 g/mol. The number of thiophene rings is 1. The van der Waals surface area contributed by atoms with Gasteiger partial charge in [0.1, 0.15) is 9.20 Å². The van der Waals surface area contributed by atoms with E-state index in [1.807, 2.05) is 19.1 Å². The Kier molecular flexibility index (Phi) is 4.42. The van der Waals surface area contributed by atoms with Gasteiger partial charge in [0, 0.05) is 5.69 Å². The van der Waals surface area contributed by atoms with Gasteiger partial charge in [0.15, 0.2) is 0 Å². The maximum Gasteiger partial charge on any atom is 0.271 e. The van der Waals surface area contributed by atoms with E-state index in [2.05, 4.69) is 4.72 Å². The van der Waals surface area contributed by atoms with E-state index in [0.717, 1.165) is 23.3 Å². The van der Waals surface area contributed by atoms with Gasteiger partial charge in [-0.2, -0.15) is 0 Å². The lowest BCUT2D eigenvalue weighted by Crippen LogP contribution is -2.11. The highest BCUT2D eigenvalue weighted by Crippen LogP contribution is 2.24. The number of sulfonamides is 1. The molecule has 0 atom stereocenters. The Morgan fingerprint density at radius 2 is 1.90 bits per heavy atom. The molecule has 0 aliphatic carbocycles. The van der Waals surface area contributed by atoms with Crippen LogP contribution in [0.3, 0.4) is 0 Å². The molecule has 0 saturated carbocycles. The van der Waals surface area contributed by atoms with Gasteiger partial charge in [-0.15, -0.1) is 11.3 Å². The number of nitrogens with two attached hydrogens (primary N) is 1. The Bertz CT molecular complexity index is 718. The maximum atomic E-state index is 12.2. The summed E-state index contributed by atoms with van der Waals surface area (Å²) in [5, 5.41) is 0. The zero-order chi connectivity index (χ0) is 14.8. The second-order valence-electron chi connectivity index (χ2n) is 4.14. The van der Waals surface area contributed by atoms with Gasteiger partial charge in [-0.1, -0.05) is 31.3 Å². The summed E-state index contributed by atoms with van der Waals surface area (Å²) >= 11 is 5.89. The molecule has 0 bridgehead atoms. The van der Waals surface area contributed by atoms with Crippen LogP contribution in [-0.2, 0) is 16.4 Å². The number of benzene rings is 1. The lowest BCUT2D eigenvalue weighted by atomic mass is 10.2. The standard InChI is InChI=1S/C13H14N2O2S3/c1-2-9-3-5-10(6-4-9)15-20(16,17)12-8-7-11(19-12)13(14)18/h3-8,15H,2H2,1H3,(H2,14,18). The first-order chi connectivity index (χ1) is 9.42. The molecule has 0 amide bonds. The van der Waals surface area contributed by atoms with E-state index in [9.17, 15) is 8.42 Å². The van der Waals surface area contributed by atoms with Crippen LogP contribution in [0.4, 0.5) is 5.69 Å². The second kappa shape index (κ2) is 5.90. The molecule has 0 radical (unpaired) electrons. The van der Waals surface area contributed by atoms with Crippen LogP contribution in [-0.4, -0.2) is 13.4 Å². The van der Waals surface area contributed by atoms with E-state index in [1.165, 1.54) is 6.07 Å². The molecule has 2 rings (SSSR count). The van der Waals surface area contributed by atoms with Crippen molar-refractivity contribution in [3.05, 3.63) is 46.8 Å². The van der Waals surface area contributed by atoms with Crippen LogP contribution in [0.15, 0.2) is 40.6 Å². The number of aryl methyl sites for hydroxylation is 1. The molecule has 3 N–H and O–H groups in total. The Hall–Kier alpha value is -1.44. The van der Waals surface area contributed by atoms with Crippen LogP contribution in [0.2, 0.25) is 0 Å². The topological polar surface area (TPSA) is 72.2 Å². The molecule has 0 spiro atoms. The van der Waals surface area contributed by atoms with E-state index in [0.29, 0.717) is 10.6 Å². The van der Waals surface area contributed by atoms with Crippen molar-refractivity contribution in [2.24, 2.45) is 5.73 Å². The number of anilines is 1. The van der Waals surface area contributed by atoms with Crippen molar-refractivity contribution in [3.63, 3.8) is 0 Å². The Morgan fingerprint density at radius 3 is 2.40 bits per heavy atom. The summed E-state index contributed by atoms with van der Waals surface area (Å²) in [5.41, 5.74) is 7.17. The van der Waals surface area contributed by atoms with Gasteiger partial charge in [-0.25, -0.2) is 8.42 Å². The van der Waals surface area contributed by atoms with Gasteiger partial charge in [0.2, 0.25) is 0 Å². The second-order valence-corrected chi connectivity index (χ2v) is 7.57. The van der Waals surface area contributed by atoms with Crippen LogP contribution in [0.1, 0.15) is 17.4 Å². The molecule has 1 aromatic heterocycles. The molecule has 7 heteroatoms.